The lowest BCUT2D eigenvalue weighted by molar-refractivity contribution is 0.0568. The smallest absolute Gasteiger partial charge is 0.255 e. The van der Waals surface area contributed by atoms with E-state index >= 15 is 0 Å². The van der Waals surface area contributed by atoms with Crippen molar-refractivity contribution < 1.29 is 9.53 Å². The molecule has 2 fully saturated rings. The van der Waals surface area contributed by atoms with E-state index in [1.54, 1.807) is 25.4 Å². The minimum atomic E-state index is 0.0610. The molecule has 2 bridgehead atoms. The first-order valence-corrected chi connectivity index (χ1v) is 11.2. The lowest BCUT2D eigenvalue weighted by Crippen LogP contribution is -2.49. The molecule has 0 radical (unpaired) electrons. The summed E-state index contributed by atoms with van der Waals surface area (Å²) in [5.74, 6) is 1.05. The van der Waals surface area contributed by atoms with Crippen LogP contribution in [0.15, 0.2) is 30.5 Å². The molecule has 30 heavy (non-hydrogen) atoms. The number of hydrogen-bond donors (Lipinski definition) is 0. The monoisotopic (exact) mass is 427 g/mol. The average molecular weight is 428 g/mol. The summed E-state index contributed by atoms with van der Waals surface area (Å²) >= 11 is 5.87. The molecule has 0 N–H and O–H groups in total. The van der Waals surface area contributed by atoms with Gasteiger partial charge >= 0.3 is 0 Å². The van der Waals surface area contributed by atoms with E-state index in [1.807, 2.05) is 4.90 Å². The summed E-state index contributed by atoms with van der Waals surface area (Å²) in [4.78, 5) is 21.6. The molecule has 2 saturated heterocycles. The number of nitrogens with zero attached hydrogens (tertiary/aromatic N) is 3. The van der Waals surface area contributed by atoms with Gasteiger partial charge in [0.05, 0.1) is 12.7 Å². The summed E-state index contributed by atoms with van der Waals surface area (Å²) in [6.45, 7) is 8.40. The zero-order valence-electron chi connectivity index (χ0n) is 18.2. The molecule has 1 aromatic heterocycles. The SMILES string of the molecule is CCc1c(OC)ccc([C@H](C)N2C[C@@H]3C[C@H]2CN3C(=O)c2ccc(Cl)nc2)c1CC. The van der Waals surface area contributed by atoms with Crippen molar-refractivity contribution in [3.05, 3.63) is 57.9 Å². The van der Waals surface area contributed by atoms with E-state index in [-0.39, 0.29) is 11.9 Å². The second-order valence-corrected chi connectivity index (χ2v) is 8.65. The fourth-order valence-electron chi connectivity index (χ4n) is 5.34. The van der Waals surface area contributed by atoms with Crippen LogP contribution in [-0.2, 0) is 12.8 Å². The summed E-state index contributed by atoms with van der Waals surface area (Å²) in [7, 11) is 1.75. The topological polar surface area (TPSA) is 45.7 Å². The van der Waals surface area contributed by atoms with E-state index in [0.29, 0.717) is 22.8 Å². The van der Waals surface area contributed by atoms with Gasteiger partial charge in [0.25, 0.3) is 5.91 Å². The number of carbonyl (C=O) groups is 1. The van der Waals surface area contributed by atoms with Crippen molar-refractivity contribution in [2.24, 2.45) is 0 Å². The van der Waals surface area contributed by atoms with Gasteiger partial charge in [0.15, 0.2) is 0 Å². The van der Waals surface area contributed by atoms with Crippen LogP contribution in [0.25, 0.3) is 0 Å². The summed E-state index contributed by atoms with van der Waals surface area (Å²) in [5, 5.41) is 0.409. The van der Waals surface area contributed by atoms with Crippen LogP contribution in [0.3, 0.4) is 0 Å². The molecule has 0 spiro atoms. The number of aromatic nitrogens is 1. The largest absolute Gasteiger partial charge is 0.496 e. The third-order valence-corrected chi connectivity index (χ3v) is 7.04. The van der Waals surface area contributed by atoms with Gasteiger partial charge in [-0.25, -0.2) is 4.98 Å². The highest BCUT2D eigenvalue weighted by molar-refractivity contribution is 6.29. The Hall–Kier alpha value is -2.11. The standard InChI is InChI=1S/C24H30ClN3O2/c1-5-19-20(6-2)22(30-4)9-8-21(19)15(3)27-13-18-11-17(27)14-28(18)24(29)16-7-10-23(25)26-12-16/h7-10,12,15,17-18H,5-6,11,13-14H2,1-4H3/t15-,17-,18-/m0/s1. The zero-order valence-corrected chi connectivity index (χ0v) is 18.9. The number of halogens is 1. The number of fused-ring (bicyclic) bond motifs is 2. The van der Waals surface area contributed by atoms with Crippen molar-refractivity contribution in [3.63, 3.8) is 0 Å². The number of likely N-dealkylation sites (tertiary alicyclic amines) is 2. The second-order valence-electron chi connectivity index (χ2n) is 8.26. The number of benzene rings is 1. The highest BCUT2D eigenvalue weighted by Crippen LogP contribution is 2.40. The van der Waals surface area contributed by atoms with E-state index in [2.05, 4.69) is 42.8 Å². The molecule has 1 amide bonds. The highest BCUT2D eigenvalue weighted by Gasteiger charge is 2.47. The van der Waals surface area contributed by atoms with Gasteiger partial charge in [-0.1, -0.05) is 31.5 Å². The predicted octanol–water partition coefficient (Wildman–Crippen LogP) is 4.53. The molecule has 0 unspecified atom stereocenters. The zero-order chi connectivity index (χ0) is 21.4. The van der Waals surface area contributed by atoms with Gasteiger partial charge in [-0.2, -0.15) is 0 Å². The van der Waals surface area contributed by atoms with E-state index in [9.17, 15) is 4.79 Å². The number of carbonyl (C=O) groups excluding carboxylic acids is 1. The number of ether oxygens (including phenoxy) is 1. The molecule has 1 aromatic carbocycles. The number of pyridine rings is 1. The normalized spacial score (nSPS) is 21.8. The first-order chi connectivity index (χ1) is 14.5. The molecule has 5 nitrogen and oxygen atoms in total. The van der Waals surface area contributed by atoms with Crippen molar-refractivity contribution in [3.8, 4) is 5.75 Å². The van der Waals surface area contributed by atoms with Crippen molar-refractivity contribution in [1.29, 1.82) is 0 Å². The fourth-order valence-corrected chi connectivity index (χ4v) is 5.46. The Bertz CT molecular complexity index is 931. The molecule has 0 saturated carbocycles. The Labute approximate surface area is 184 Å². The number of methoxy groups -OCH3 is 1. The summed E-state index contributed by atoms with van der Waals surface area (Å²) < 4.78 is 5.61. The molecule has 2 aromatic rings. The quantitative estimate of drug-likeness (QED) is 0.635. The van der Waals surface area contributed by atoms with E-state index < -0.39 is 0 Å². The van der Waals surface area contributed by atoms with Crippen LogP contribution in [0.5, 0.6) is 5.75 Å². The Balaban J connectivity index is 1.52. The first-order valence-electron chi connectivity index (χ1n) is 10.8. The summed E-state index contributed by atoms with van der Waals surface area (Å²) in [5.41, 5.74) is 4.73. The molecular weight excluding hydrogens is 398 g/mol. The van der Waals surface area contributed by atoms with Crippen LogP contribution in [0.2, 0.25) is 5.15 Å². The number of amides is 1. The fraction of sp³-hybridized carbons (Fsp3) is 0.500. The van der Waals surface area contributed by atoms with E-state index in [0.717, 1.165) is 38.1 Å². The van der Waals surface area contributed by atoms with E-state index in [1.165, 1.54) is 16.7 Å². The summed E-state index contributed by atoms with van der Waals surface area (Å²) in [6.07, 6.45) is 4.58. The van der Waals surface area contributed by atoms with Gasteiger partial charge < -0.3 is 9.64 Å². The summed E-state index contributed by atoms with van der Waals surface area (Å²) in [6, 6.07) is 8.76. The molecule has 4 rings (SSSR count). The number of piperazine rings is 1. The highest BCUT2D eigenvalue weighted by atomic mass is 35.5. The maximum Gasteiger partial charge on any atom is 0.255 e. The lowest BCUT2D eigenvalue weighted by Gasteiger charge is -2.38. The Morgan fingerprint density at radius 2 is 1.93 bits per heavy atom. The van der Waals surface area contributed by atoms with Crippen molar-refractivity contribution in [2.75, 3.05) is 20.2 Å². The van der Waals surface area contributed by atoms with E-state index in [4.69, 9.17) is 16.3 Å². The maximum atomic E-state index is 13.0. The van der Waals surface area contributed by atoms with Crippen molar-refractivity contribution in [1.82, 2.24) is 14.8 Å². The van der Waals surface area contributed by atoms with Gasteiger partial charge in [-0.3, -0.25) is 9.69 Å². The third kappa shape index (κ3) is 3.58. The van der Waals surface area contributed by atoms with Crippen LogP contribution >= 0.6 is 11.6 Å². The van der Waals surface area contributed by atoms with Gasteiger partial charge in [-0.05, 0) is 61.1 Å². The molecule has 160 valence electrons. The first kappa shape index (κ1) is 21.1. The van der Waals surface area contributed by atoms with Gasteiger partial charge in [0.1, 0.15) is 10.9 Å². The molecule has 3 heterocycles. The van der Waals surface area contributed by atoms with Crippen LogP contribution < -0.4 is 4.74 Å². The molecule has 6 heteroatoms. The Kier molecular flexibility index (Phi) is 6.03. The van der Waals surface area contributed by atoms with Crippen LogP contribution in [-0.4, -0.2) is 53.0 Å². The Morgan fingerprint density at radius 3 is 2.50 bits per heavy atom. The third-order valence-electron chi connectivity index (χ3n) is 6.82. The van der Waals surface area contributed by atoms with Gasteiger partial charge in [0, 0.05) is 37.4 Å². The van der Waals surface area contributed by atoms with Gasteiger partial charge in [-0.15, -0.1) is 0 Å². The molecule has 0 aliphatic carbocycles. The average Bonchev–Trinajstić information content (AvgIpc) is 3.38. The molecule has 2 aliphatic rings. The van der Waals surface area contributed by atoms with Crippen molar-refractivity contribution in [2.45, 2.75) is 58.2 Å². The second kappa shape index (κ2) is 8.56. The van der Waals surface area contributed by atoms with Crippen LogP contribution in [0.1, 0.15) is 60.3 Å². The molecular formula is C24H30ClN3O2. The molecule has 3 atom stereocenters. The lowest BCUT2D eigenvalue weighted by atomic mass is 9.91. The predicted molar refractivity (Wildman–Crippen MR) is 119 cm³/mol. The Morgan fingerprint density at radius 1 is 1.17 bits per heavy atom. The van der Waals surface area contributed by atoms with Crippen molar-refractivity contribution >= 4 is 17.5 Å². The minimum absolute atomic E-state index is 0.0610. The molecule has 2 aliphatic heterocycles. The maximum absolute atomic E-state index is 13.0. The number of hydrogen-bond acceptors (Lipinski definition) is 4. The van der Waals surface area contributed by atoms with Gasteiger partial charge in [0.2, 0.25) is 0 Å². The van der Waals surface area contributed by atoms with Crippen LogP contribution in [0, 0.1) is 0 Å². The van der Waals surface area contributed by atoms with Crippen LogP contribution in [0.4, 0.5) is 0 Å². The number of rotatable bonds is 6. The minimum Gasteiger partial charge on any atom is -0.496 e.